The van der Waals surface area contributed by atoms with E-state index in [0.717, 1.165) is 36.0 Å². The SMILES string of the molecule is COc1cccc(C2=CC(=Nc3ccccc3OC)N3CCC[C@H]3C2)c1. The van der Waals surface area contributed by atoms with E-state index >= 15 is 0 Å². The Morgan fingerprint density at radius 3 is 2.77 bits per heavy atom. The van der Waals surface area contributed by atoms with Gasteiger partial charge in [-0.3, -0.25) is 0 Å². The quantitative estimate of drug-likeness (QED) is 0.804. The van der Waals surface area contributed by atoms with Crippen LogP contribution in [0.5, 0.6) is 11.5 Å². The molecule has 2 aromatic carbocycles. The topological polar surface area (TPSA) is 34.1 Å². The zero-order chi connectivity index (χ0) is 17.9. The molecule has 2 aliphatic rings. The second-order valence-electron chi connectivity index (χ2n) is 6.74. The number of benzene rings is 2. The molecule has 1 saturated heterocycles. The van der Waals surface area contributed by atoms with Crippen LogP contribution in [-0.2, 0) is 0 Å². The normalized spacial score (nSPS) is 20.7. The van der Waals surface area contributed by atoms with E-state index in [1.165, 1.54) is 24.0 Å². The summed E-state index contributed by atoms with van der Waals surface area (Å²) in [6, 6.07) is 16.7. The van der Waals surface area contributed by atoms with Gasteiger partial charge in [0.15, 0.2) is 0 Å². The van der Waals surface area contributed by atoms with E-state index in [9.17, 15) is 0 Å². The van der Waals surface area contributed by atoms with Crippen LogP contribution in [0.2, 0.25) is 0 Å². The Labute approximate surface area is 154 Å². The molecule has 2 heterocycles. The second-order valence-corrected chi connectivity index (χ2v) is 6.74. The molecular weight excluding hydrogens is 324 g/mol. The van der Waals surface area contributed by atoms with Crippen LogP contribution in [0.1, 0.15) is 24.8 Å². The van der Waals surface area contributed by atoms with Gasteiger partial charge in [-0.15, -0.1) is 0 Å². The molecule has 4 nitrogen and oxygen atoms in total. The monoisotopic (exact) mass is 348 g/mol. The maximum Gasteiger partial charge on any atom is 0.144 e. The molecule has 4 rings (SSSR count). The molecule has 1 atom stereocenters. The predicted molar refractivity (Wildman–Crippen MR) is 105 cm³/mol. The summed E-state index contributed by atoms with van der Waals surface area (Å²) in [6.07, 6.45) is 5.71. The molecule has 26 heavy (non-hydrogen) atoms. The number of rotatable bonds is 4. The lowest BCUT2D eigenvalue weighted by Gasteiger charge is -2.32. The third-order valence-corrected chi connectivity index (χ3v) is 5.19. The fraction of sp³-hybridized carbons (Fsp3) is 0.318. The van der Waals surface area contributed by atoms with Crippen molar-refractivity contribution >= 4 is 17.1 Å². The van der Waals surface area contributed by atoms with Crippen molar-refractivity contribution in [3.63, 3.8) is 0 Å². The zero-order valence-electron chi connectivity index (χ0n) is 15.3. The molecule has 0 saturated carbocycles. The molecule has 1 fully saturated rings. The van der Waals surface area contributed by atoms with E-state index in [0.29, 0.717) is 6.04 Å². The van der Waals surface area contributed by atoms with Crippen molar-refractivity contribution in [1.29, 1.82) is 0 Å². The first-order chi connectivity index (χ1) is 12.8. The minimum atomic E-state index is 0.523. The highest BCUT2D eigenvalue weighted by Gasteiger charge is 2.31. The molecule has 0 amide bonds. The molecule has 4 heteroatoms. The summed E-state index contributed by atoms with van der Waals surface area (Å²) in [5, 5.41) is 0. The van der Waals surface area contributed by atoms with E-state index in [4.69, 9.17) is 14.5 Å². The largest absolute Gasteiger partial charge is 0.497 e. The average Bonchev–Trinajstić information content (AvgIpc) is 3.17. The van der Waals surface area contributed by atoms with E-state index in [-0.39, 0.29) is 0 Å². The Bertz CT molecular complexity index is 857. The van der Waals surface area contributed by atoms with Crippen LogP contribution in [-0.4, -0.2) is 37.5 Å². The minimum Gasteiger partial charge on any atom is -0.497 e. The molecular formula is C22H24N2O2. The highest BCUT2D eigenvalue weighted by atomic mass is 16.5. The lowest BCUT2D eigenvalue weighted by atomic mass is 9.93. The molecule has 0 spiro atoms. The molecule has 2 aromatic rings. The van der Waals surface area contributed by atoms with Gasteiger partial charge in [0.05, 0.1) is 14.2 Å². The van der Waals surface area contributed by atoms with Crippen molar-refractivity contribution in [3.8, 4) is 11.5 Å². The van der Waals surface area contributed by atoms with Gasteiger partial charge in [0, 0.05) is 12.6 Å². The first-order valence-electron chi connectivity index (χ1n) is 9.12. The molecule has 0 unspecified atom stereocenters. The molecule has 0 aliphatic carbocycles. The van der Waals surface area contributed by atoms with Gasteiger partial charge in [0.1, 0.15) is 23.0 Å². The fourth-order valence-electron chi connectivity index (χ4n) is 3.87. The van der Waals surface area contributed by atoms with Crippen molar-refractivity contribution in [2.75, 3.05) is 20.8 Å². The van der Waals surface area contributed by atoms with Crippen LogP contribution in [0.25, 0.3) is 5.57 Å². The molecule has 0 bridgehead atoms. The van der Waals surface area contributed by atoms with Crippen molar-refractivity contribution < 1.29 is 9.47 Å². The number of aliphatic imine (C=N–C) groups is 1. The van der Waals surface area contributed by atoms with E-state index < -0.39 is 0 Å². The number of ether oxygens (including phenoxy) is 2. The maximum atomic E-state index is 5.48. The summed E-state index contributed by atoms with van der Waals surface area (Å²) in [4.78, 5) is 7.40. The highest BCUT2D eigenvalue weighted by Crippen LogP contribution is 2.36. The van der Waals surface area contributed by atoms with E-state index in [2.05, 4.69) is 23.1 Å². The van der Waals surface area contributed by atoms with E-state index in [1.807, 2.05) is 36.4 Å². The van der Waals surface area contributed by atoms with Crippen LogP contribution < -0.4 is 9.47 Å². The summed E-state index contributed by atoms with van der Waals surface area (Å²) >= 11 is 0. The van der Waals surface area contributed by atoms with Crippen LogP contribution >= 0.6 is 0 Å². The minimum absolute atomic E-state index is 0.523. The third kappa shape index (κ3) is 3.19. The smallest absolute Gasteiger partial charge is 0.144 e. The van der Waals surface area contributed by atoms with Gasteiger partial charge < -0.3 is 14.4 Å². The lowest BCUT2D eigenvalue weighted by Crippen LogP contribution is -2.37. The van der Waals surface area contributed by atoms with Crippen LogP contribution in [0.4, 0.5) is 5.69 Å². The van der Waals surface area contributed by atoms with Gasteiger partial charge in [-0.1, -0.05) is 24.3 Å². The van der Waals surface area contributed by atoms with Gasteiger partial charge in [0.2, 0.25) is 0 Å². The van der Waals surface area contributed by atoms with Crippen molar-refractivity contribution in [2.45, 2.75) is 25.3 Å². The predicted octanol–water partition coefficient (Wildman–Crippen LogP) is 4.69. The van der Waals surface area contributed by atoms with Gasteiger partial charge >= 0.3 is 0 Å². The summed E-state index contributed by atoms with van der Waals surface area (Å²) in [5.41, 5.74) is 3.41. The fourth-order valence-corrected chi connectivity index (χ4v) is 3.87. The summed E-state index contributed by atoms with van der Waals surface area (Å²) < 4.78 is 10.9. The Morgan fingerprint density at radius 2 is 1.92 bits per heavy atom. The standard InChI is InChI=1S/C22H24N2O2/c1-25-19-9-5-7-16(14-19)17-13-18-8-6-12-24(18)22(15-17)23-20-10-3-4-11-21(20)26-2/h3-5,7,9-11,14-15,18H,6,8,12-13H2,1-2H3/t18-/m0/s1. The summed E-state index contributed by atoms with van der Waals surface area (Å²) in [7, 11) is 3.40. The number of nitrogens with zero attached hydrogens (tertiary/aromatic N) is 2. The molecule has 134 valence electrons. The van der Waals surface area contributed by atoms with Crippen LogP contribution in [0, 0.1) is 0 Å². The lowest BCUT2D eigenvalue weighted by molar-refractivity contribution is 0.389. The number of methoxy groups -OCH3 is 2. The van der Waals surface area contributed by atoms with Crippen LogP contribution in [0.15, 0.2) is 59.6 Å². The van der Waals surface area contributed by atoms with E-state index in [1.54, 1.807) is 14.2 Å². The first kappa shape index (κ1) is 16.7. The van der Waals surface area contributed by atoms with Gasteiger partial charge in [-0.25, -0.2) is 4.99 Å². The Kier molecular flexibility index (Phi) is 4.65. The third-order valence-electron chi connectivity index (χ3n) is 5.19. The number of fused-ring (bicyclic) bond motifs is 1. The van der Waals surface area contributed by atoms with Gasteiger partial charge in [-0.05, 0) is 60.7 Å². The van der Waals surface area contributed by atoms with Crippen molar-refractivity contribution in [1.82, 2.24) is 4.90 Å². The maximum absolute atomic E-state index is 5.48. The summed E-state index contributed by atoms with van der Waals surface area (Å²) in [5.74, 6) is 2.72. The highest BCUT2D eigenvalue weighted by molar-refractivity contribution is 6.03. The average molecular weight is 348 g/mol. The van der Waals surface area contributed by atoms with Crippen molar-refractivity contribution in [3.05, 3.63) is 60.2 Å². The number of amidine groups is 1. The Hall–Kier alpha value is -2.75. The number of hydrogen-bond acceptors (Lipinski definition) is 3. The van der Waals surface area contributed by atoms with Crippen LogP contribution in [0.3, 0.4) is 0 Å². The number of hydrogen-bond donors (Lipinski definition) is 0. The zero-order valence-corrected chi connectivity index (χ0v) is 15.3. The molecule has 0 radical (unpaired) electrons. The Morgan fingerprint density at radius 1 is 1.04 bits per heavy atom. The first-order valence-corrected chi connectivity index (χ1v) is 9.12. The molecule has 0 N–H and O–H groups in total. The van der Waals surface area contributed by atoms with Crippen molar-refractivity contribution in [2.24, 2.45) is 4.99 Å². The Balaban J connectivity index is 1.76. The molecule has 0 aromatic heterocycles. The number of para-hydroxylation sites is 2. The molecule has 2 aliphatic heterocycles. The summed E-state index contributed by atoms with van der Waals surface area (Å²) in [6.45, 7) is 1.07. The second kappa shape index (κ2) is 7.24. The van der Waals surface area contributed by atoms with Gasteiger partial charge in [-0.2, -0.15) is 0 Å². The van der Waals surface area contributed by atoms with Gasteiger partial charge in [0.25, 0.3) is 0 Å².